The SMILES string of the molecule is CCc1cccc(C)c1-n1c(CNC(=O)C23CC4CC(CC(C4)C2)C3)nnc1SC(C)C. The summed E-state index contributed by atoms with van der Waals surface area (Å²) in [5, 5.41) is 13.7. The van der Waals surface area contributed by atoms with Gasteiger partial charge in [0.2, 0.25) is 5.91 Å². The van der Waals surface area contributed by atoms with Gasteiger partial charge in [-0.15, -0.1) is 10.2 Å². The molecule has 4 aliphatic carbocycles. The summed E-state index contributed by atoms with van der Waals surface area (Å²) in [6, 6.07) is 6.45. The number of aromatic nitrogens is 3. The van der Waals surface area contributed by atoms with Gasteiger partial charge in [-0.2, -0.15) is 0 Å². The number of nitrogens with zero attached hydrogens (tertiary/aromatic N) is 3. The summed E-state index contributed by atoms with van der Waals surface area (Å²) in [7, 11) is 0. The van der Waals surface area contributed by atoms with Gasteiger partial charge in [-0.05, 0) is 80.8 Å². The molecule has 0 spiro atoms. The van der Waals surface area contributed by atoms with Gasteiger partial charge in [-0.1, -0.05) is 50.7 Å². The molecule has 4 aliphatic rings. The molecule has 1 aromatic heterocycles. The van der Waals surface area contributed by atoms with Crippen molar-refractivity contribution in [2.45, 2.75) is 89.6 Å². The van der Waals surface area contributed by atoms with Crippen LogP contribution in [-0.2, 0) is 17.8 Å². The van der Waals surface area contributed by atoms with E-state index in [2.05, 4.69) is 66.0 Å². The van der Waals surface area contributed by atoms with Crippen LogP contribution in [-0.4, -0.2) is 25.9 Å². The van der Waals surface area contributed by atoms with Crippen molar-refractivity contribution in [3.05, 3.63) is 35.2 Å². The summed E-state index contributed by atoms with van der Waals surface area (Å²) < 4.78 is 2.19. The predicted octanol–water partition coefficient (Wildman–Crippen LogP) is 5.47. The Morgan fingerprint density at radius 2 is 1.81 bits per heavy atom. The number of thioether (sulfide) groups is 1. The fraction of sp³-hybridized carbons (Fsp3) is 0.654. The zero-order chi connectivity index (χ0) is 22.5. The molecule has 0 radical (unpaired) electrons. The van der Waals surface area contributed by atoms with Gasteiger partial charge >= 0.3 is 0 Å². The molecule has 1 aromatic carbocycles. The maximum atomic E-state index is 13.5. The van der Waals surface area contributed by atoms with Crippen LogP contribution in [0.25, 0.3) is 5.69 Å². The van der Waals surface area contributed by atoms with Crippen molar-refractivity contribution in [2.24, 2.45) is 23.2 Å². The van der Waals surface area contributed by atoms with Crippen LogP contribution in [0.3, 0.4) is 0 Å². The monoisotopic (exact) mass is 452 g/mol. The van der Waals surface area contributed by atoms with E-state index in [4.69, 9.17) is 0 Å². The van der Waals surface area contributed by atoms with E-state index in [9.17, 15) is 4.79 Å². The number of amides is 1. The molecule has 4 fully saturated rings. The molecule has 4 bridgehead atoms. The number of carbonyl (C=O) groups is 1. The third-order valence-electron chi connectivity index (χ3n) is 7.89. The van der Waals surface area contributed by atoms with Crippen molar-refractivity contribution in [3.63, 3.8) is 0 Å². The molecule has 5 nitrogen and oxygen atoms in total. The standard InChI is InChI=1S/C26H36N4OS/c1-5-21-8-6-7-17(4)23(21)30-22(28-29-25(30)32-16(2)3)15-27-24(31)26-12-18-9-19(13-26)11-20(10-18)14-26/h6-8,16,18-20H,5,9-15H2,1-4H3,(H,27,31). The Morgan fingerprint density at radius 1 is 1.16 bits per heavy atom. The van der Waals surface area contributed by atoms with E-state index in [1.54, 1.807) is 11.8 Å². The Kier molecular flexibility index (Phi) is 5.85. The third kappa shape index (κ3) is 3.89. The zero-order valence-corrected chi connectivity index (χ0v) is 20.7. The second-order valence-electron chi connectivity index (χ2n) is 10.7. The van der Waals surface area contributed by atoms with Gasteiger partial charge < -0.3 is 5.32 Å². The van der Waals surface area contributed by atoms with Crippen molar-refractivity contribution in [1.29, 1.82) is 0 Å². The average Bonchev–Trinajstić information content (AvgIpc) is 3.12. The molecule has 172 valence electrons. The summed E-state index contributed by atoms with van der Waals surface area (Å²) in [6.45, 7) is 9.12. The lowest BCUT2D eigenvalue weighted by molar-refractivity contribution is -0.146. The highest BCUT2D eigenvalue weighted by Crippen LogP contribution is 2.60. The van der Waals surface area contributed by atoms with Gasteiger partial charge in [0.1, 0.15) is 0 Å². The molecule has 6 heteroatoms. The molecule has 0 saturated heterocycles. The molecule has 32 heavy (non-hydrogen) atoms. The Balaban J connectivity index is 1.42. The summed E-state index contributed by atoms with van der Waals surface area (Å²) in [4.78, 5) is 13.5. The number of rotatable bonds is 7. The van der Waals surface area contributed by atoms with Gasteiger partial charge in [-0.25, -0.2) is 0 Å². The van der Waals surface area contributed by atoms with Crippen molar-refractivity contribution >= 4 is 17.7 Å². The van der Waals surface area contributed by atoms with Gasteiger partial charge in [0.05, 0.1) is 12.2 Å². The highest BCUT2D eigenvalue weighted by atomic mass is 32.2. The second kappa shape index (κ2) is 8.51. The summed E-state index contributed by atoms with van der Waals surface area (Å²) in [5.74, 6) is 3.39. The van der Waals surface area contributed by atoms with Crippen molar-refractivity contribution in [1.82, 2.24) is 20.1 Å². The van der Waals surface area contributed by atoms with Gasteiger partial charge in [-0.3, -0.25) is 9.36 Å². The maximum Gasteiger partial charge on any atom is 0.226 e. The molecular formula is C26H36N4OS. The van der Waals surface area contributed by atoms with Crippen LogP contribution in [0, 0.1) is 30.1 Å². The van der Waals surface area contributed by atoms with E-state index in [1.807, 2.05) is 0 Å². The van der Waals surface area contributed by atoms with E-state index in [-0.39, 0.29) is 11.3 Å². The first-order valence-electron chi connectivity index (χ1n) is 12.4. The van der Waals surface area contributed by atoms with Crippen LogP contribution in [0.2, 0.25) is 0 Å². The summed E-state index contributed by atoms with van der Waals surface area (Å²) >= 11 is 1.73. The van der Waals surface area contributed by atoms with Crippen molar-refractivity contribution in [2.75, 3.05) is 0 Å². The van der Waals surface area contributed by atoms with Crippen LogP contribution in [0.15, 0.2) is 23.4 Å². The average molecular weight is 453 g/mol. The fourth-order valence-corrected chi connectivity index (χ4v) is 7.80. The number of aryl methyl sites for hydroxylation is 2. The molecule has 0 unspecified atom stereocenters. The van der Waals surface area contributed by atoms with E-state index in [0.717, 1.165) is 54.4 Å². The van der Waals surface area contributed by atoms with E-state index >= 15 is 0 Å². The Hall–Kier alpha value is -1.82. The number of carbonyl (C=O) groups excluding carboxylic acids is 1. The van der Waals surface area contributed by atoms with Crippen molar-refractivity contribution in [3.8, 4) is 5.69 Å². The Bertz CT molecular complexity index is 976. The van der Waals surface area contributed by atoms with Gasteiger partial charge in [0, 0.05) is 10.7 Å². The Morgan fingerprint density at radius 3 is 2.41 bits per heavy atom. The number of para-hydroxylation sites is 1. The minimum absolute atomic E-state index is 0.133. The highest BCUT2D eigenvalue weighted by Gasteiger charge is 2.54. The minimum Gasteiger partial charge on any atom is -0.348 e. The first-order valence-corrected chi connectivity index (χ1v) is 13.2. The molecule has 6 rings (SSSR count). The van der Waals surface area contributed by atoms with Crippen molar-refractivity contribution < 1.29 is 4.79 Å². The molecule has 0 aliphatic heterocycles. The largest absolute Gasteiger partial charge is 0.348 e. The second-order valence-corrected chi connectivity index (χ2v) is 12.3. The lowest BCUT2D eigenvalue weighted by atomic mass is 9.49. The molecule has 1 heterocycles. The topological polar surface area (TPSA) is 59.8 Å². The highest BCUT2D eigenvalue weighted by molar-refractivity contribution is 7.99. The molecule has 0 atom stereocenters. The maximum absolute atomic E-state index is 13.5. The molecular weight excluding hydrogens is 416 g/mol. The quantitative estimate of drug-likeness (QED) is 0.566. The number of benzene rings is 1. The van der Waals surface area contributed by atoms with Crippen LogP contribution in [0.1, 0.15) is 76.2 Å². The van der Waals surface area contributed by atoms with E-state index in [1.165, 1.54) is 36.1 Å². The van der Waals surface area contributed by atoms with Gasteiger partial charge in [0.15, 0.2) is 11.0 Å². The first kappa shape index (κ1) is 22.0. The molecule has 1 amide bonds. The van der Waals surface area contributed by atoms with Crippen LogP contribution >= 0.6 is 11.8 Å². The smallest absolute Gasteiger partial charge is 0.226 e. The minimum atomic E-state index is -0.133. The van der Waals surface area contributed by atoms with Gasteiger partial charge in [0.25, 0.3) is 0 Å². The number of nitrogens with one attached hydrogen (secondary N) is 1. The summed E-state index contributed by atoms with van der Waals surface area (Å²) in [6.07, 6.45) is 8.26. The number of hydrogen-bond acceptors (Lipinski definition) is 4. The zero-order valence-electron chi connectivity index (χ0n) is 19.9. The van der Waals surface area contributed by atoms with Crippen LogP contribution in [0.4, 0.5) is 0 Å². The normalized spacial score (nSPS) is 28.5. The first-order chi connectivity index (χ1) is 15.4. The molecule has 2 aromatic rings. The summed E-state index contributed by atoms with van der Waals surface area (Å²) in [5.41, 5.74) is 3.53. The van der Waals surface area contributed by atoms with Crippen LogP contribution < -0.4 is 5.32 Å². The molecule has 1 N–H and O–H groups in total. The van der Waals surface area contributed by atoms with Crippen LogP contribution in [0.5, 0.6) is 0 Å². The fourth-order valence-electron chi connectivity index (χ4n) is 6.99. The third-order valence-corrected chi connectivity index (χ3v) is 8.84. The predicted molar refractivity (Wildman–Crippen MR) is 129 cm³/mol. The Labute approximate surface area is 196 Å². The van der Waals surface area contributed by atoms with E-state index < -0.39 is 0 Å². The molecule has 4 saturated carbocycles. The van der Waals surface area contributed by atoms with E-state index in [0.29, 0.717) is 11.8 Å². The lowest BCUT2D eigenvalue weighted by Crippen LogP contribution is -2.53. The lowest BCUT2D eigenvalue weighted by Gasteiger charge is -2.55. The number of hydrogen-bond donors (Lipinski definition) is 1.